The van der Waals surface area contributed by atoms with Gasteiger partial charge in [-0.1, -0.05) is 387 Å². The molecule has 8 bridgehead atoms. The Kier molecular flexibility index (Phi) is 73.8. The Morgan fingerprint density at radius 1 is 0.221 bits per heavy atom. The van der Waals surface area contributed by atoms with Crippen LogP contribution < -0.4 is 23.7 Å². The van der Waals surface area contributed by atoms with E-state index in [9.17, 15) is 0 Å². The lowest BCUT2D eigenvalue weighted by Crippen LogP contribution is -2.35. The monoisotopic (exact) mass is 1690 g/mol. The third kappa shape index (κ3) is 52.4. The second-order valence-corrected chi connectivity index (χ2v) is 37.5. The van der Waals surface area contributed by atoms with E-state index in [2.05, 4.69) is 111 Å². The molecule has 0 aliphatic heterocycles. The first-order chi connectivity index (χ1) is 57.4. The molecule has 16 unspecified atom stereocenters. The summed E-state index contributed by atoms with van der Waals surface area (Å²) in [7, 11) is 8.31. The lowest BCUT2D eigenvalue weighted by Gasteiger charge is -2.40. The number of aliphatic hydroxyl groups excluding tert-OH is 2. The molecular weight excluding hydrogens is 1490 g/mol. The summed E-state index contributed by atoms with van der Waals surface area (Å²) in [4.78, 5) is 0. The minimum atomic E-state index is 0. The van der Waals surface area contributed by atoms with Crippen LogP contribution in [0.25, 0.3) is 0 Å². The topological polar surface area (TPSA) is 86.6 Å². The quantitative estimate of drug-likeness (QED) is 0.154. The van der Waals surface area contributed by atoms with Crippen molar-refractivity contribution in [2.24, 2.45) is 116 Å². The molecule has 10 aliphatic carbocycles. The molecule has 122 heavy (non-hydrogen) atoms. The molecule has 10 aliphatic rings. The Hall–Kier alpha value is -6.54. The van der Waals surface area contributed by atoms with Gasteiger partial charge in [0.15, 0.2) is 0 Å². The van der Waals surface area contributed by atoms with Gasteiger partial charge >= 0.3 is 0 Å². The molecule has 0 aromatic heterocycles. The first-order valence-electron chi connectivity index (χ1n) is 47.6. The SMILES string of the molecule is C.C.C1CC2C(C1)C1CC2C2C3CCC(C3)C12.C1CC2C(C1)C1CC2C2C3CCC(C3)C12.CC.CC.CC.CC.CC.CC.CC.CC(C)(C)C.CC(C)(C)C.CC(C)(C)C.CC(C)(C)C.COc1ccccc1.COc1ccccc1.COc1ccccc1.COc1ccccc1.COc1ccccc1.OCc1ccccc1.OCc1ccccc1. The summed E-state index contributed by atoms with van der Waals surface area (Å²) in [5, 5.41) is 17.1. The molecule has 7 aromatic carbocycles. The highest BCUT2D eigenvalue weighted by Gasteiger charge is 2.67. The molecule has 700 valence electrons. The van der Waals surface area contributed by atoms with Crippen LogP contribution in [0, 0.1) is 116 Å². The van der Waals surface area contributed by atoms with E-state index >= 15 is 0 Å². The largest absolute Gasteiger partial charge is 0.497 e. The summed E-state index contributed by atoms with van der Waals surface area (Å²) in [6.45, 7) is 63.3. The van der Waals surface area contributed by atoms with Crippen LogP contribution >= 0.6 is 0 Å². The summed E-state index contributed by atoms with van der Waals surface area (Å²) < 4.78 is 24.6. The van der Waals surface area contributed by atoms with Crippen LogP contribution in [-0.2, 0) is 13.2 Å². The summed E-state index contributed by atoms with van der Waals surface area (Å²) in [6.07, 6.45) is 22.8. The molecule has 0 heterocycles. The van der Waals surface area contributed by atoms with Crippen LogP contribution in [0.5, 0.6) is 28.7 Å². The van der Waals surface area contributed by atoms with Gasteiger partial charge in [-0.05, 0) is 265 Å². The fourth-order valence-corrected chi connectivity index (χ4v) is 18.5. The van der Waals surface area contributed by atoms with Crippen molar-refractivity contribution < 1.29 is 33.9 Å². The number of benzene rings is 7. The van der Waals surface area contributed by atoms with Crippen LogP contribution in [0.15, 0.2) is 212 Å². The molecule has 0 spiro atoms. The van der Waals surface area contributed by atoms with E-state index in [1.165, 1.54) is 94.7 Å². The number of ether oxygens (including phenoxy) is 5. The van der Waals surface area contributed by atoms with Gasteiger partial charge in [0.2, 0.25) is 0 Å². The fraction of sp³-hybridized carbons (Fsp3) is 0.635. The molecule has 10 saturated carbocycles. The molecule has 17 rings (SSSR count). The Balaban J connectivity index is -0.000000406. The molecule has 0 saturated heterocycles. The van der Waals surface area contributed by atoms with Gasteiger partial charge in [0, 0.05) is 0 Å². The fourth-order valence-electron chi connectivity index (χ4n) is 18.5. The maximum absolute atomic E-state index is 8.54. The van der Waals surface area contributed by atoms with E-state index in [0.29, 0.717) is 21.7 Å². The first kappa shape index (κ1) is 124. The summed E-state index contributed by atoms with van der Waals surface area (Å²) >= 11 is 0. The van der Waals surface area contributed by atoms with Crippen LogP contribution in [-0.4, -0.2) is 45.8 Å². The molecular formula is C115H198O7. The maximum atomic E-state index is 8.54. The van der Waals surface area contributed by atoms with Crippen molar-refractivity contribution in [2.45, 2.75) is 326 Å². The zero-order chi connectivity index (χ0) is 91.9. The number of hydrogen-bond donors (Lipinski definition) is 2. The third-order valence-corrected chi connectivity index (χ3v) is 21.6. The van der Waals surface area contributed by atoms with Crippen molar-refractivity contribution in [1.29, 1.82) is 0 Å². The van der Waals surface area contributed by atoms with E-state index in [1.54, 1.807) is 125 Å². The average molecular weight is 1690 g/mol. The summed E-state index contributed by atoms with van der Waals surface area (Å²) in [5.74, 6) is 24.1. The summed E-state index contributed by atoms with van der Waals surface area (Å²) in [5.41, 5.74) is 3.93. The normalized spacial score (nSPS) is 23.3. The van der Waals surface area contributed by atoms with Gasteiger partial charge in [-0.15, -0.1) is 0 Å². The van der Waals surface area contributed by atoms with Crippen LogP contribution in [0.3, 0.4) is 0 Å². The van der Waals surface area contributed by atoms with Gasteiger partial charge in [-0.25, -0.2) is 0 Å². The molecule has 2 N–H and O–H groups in total. The Morgan fingerprint density at radius 3 is 0.475 bits per heavy atom. The molecule has 7 nitrogen and oxygen atoms in total. The van der Waals surface area contributed by atoms with Crippen molar-refractivity contribution >= 4 is 0 Å². The van der Waals surface area contributed by atoms with E-state index in [0.717, 1.165) is 39.9 Å². The number of hydrogen-bond acceptors (Lipinski definition) is 7. The molecule has 7 heteroatoms. The van der Waals surface area contributed by atoms with E-state index < -0.39 is 0 Å². The van der Waals surface area contributed by atoms with Crippen molar-refractivity contribution in [3.63, 3.8) is 0 Å². The number of para-hydroxylation sites is 5. The third-order valence-electron chi connectivity index (χ3n) is 21.6. The number of aliphatic hydroxyl groups is 2. The Bertz CT molecular complexity index is 2720. The molecule has 16 atom stereocenters. The minimum absolute atomic E-state index is 0. The standard InChI is InChI=1S/2C15H22.7C7H8O.4C5H12.7C2H6.2CH4/c2*1-2-10-11(3-1)13-7-12(10)14-8-4-5-9(6-8)15(13)14;5*1-8-7-5-3-2-4-6-7;2*8-6-7-4-2-1-3-5-7;4*1-5(2,3)4;7*1-2;;/h2*8-15H,1-7H2;5*2-6H,1H3;2*1-5,8H,6H2;4*1-4H3;7*1-2H3;2*1H4. The number of fused-ring (bicyclic) bond motifs is 24. The highest BCUT2D eigenvalue weighted by Crippen LogP contribution is 2.74. The van der Waals surface area contributed by atoms with Crippen molar-refractivity contribution in [3.05, 3.63) is 223 Å². The smallest absolute Gasteiger partial charge is 0.118 e. The van der Waals surface area contributed by atoms with Crippen molar-refractivity contribution in [1.82, 2.24) is 0 Å². The molecule has 10 fully saturated rings. The average Bonchev–Trinajstić information content (AvgIpc) is 1.54. The van der Waals surface area contributed by atoms with Gasteiger partial charge in [-0.3, -0.25) is 0 Å². The van der Waals surface area contributed by atoms with Crippen molar-refractivity contribution in [2.75, 3.05) is 35.5 Å². The number of methoxy groups -OCH3 is 5. The second kappa shape index (κ2) is 72.6. The van der Waals surface area contributed by atoms with Gasteiger partial charge in [0.05, 0.1) is 48.8 Å². The zero-order valence-corrected chi connectivity index (χ0v) is 84.2. The predicted molar refractivity (Wildman–Crippen MR) is 544 cm³/mol. The molecule has 0 radical (unpaired) electrons. The van der Waals surface area contributed by atoms with Gasteiger partial charge in [-0.2, -0.15) is 0 Å². The van der Waals surface area contributed by atoms with Crippen LogP contribution in [0.1, 0.15) is 324 Å². The van der Waals surface area contributed by atoms with Gasteiger partial charge in [0.25, 0.3) is 0 Å². The second-order valence-electron chi connectivity index (χ2n) is 37.5. The van der Waals surface area contributed by atoms with E-state index in [-0.39, 0.29) is 28.1 Å². The first-order valence-corrected chi connectivity index (χ1v) is 47.6. The zero-order valence-electron chi connectivity index (χ0n) is 84.2. The van der Waals surface area contributed by atoms with Gasteiger partial charge < -0.3 is 33.9 Å². The lowest BCUT2D eigenvalue weighted by atomic mass is 9.64. The molecule has 0 amide bonds. The Labute approximate surface area is 759 Å². The Morgan fingerprint density at radius 2 is 0.361 bits per heavy atom. The maximum Gasteiger partial charge on any atom is 0.118 e. The summed E-state index contributed by atoms with van der Waals surface area (Å²) in [6, 6.07) is 67.5. The van der Waals surface area contributed by atoms with Gasteiger partial charge in [0.1, 0.15) is 28.7 Å². The van der Waals surface area contributed by atoms with Crippen LogP contribution in [0.2, 0.25) is 0 Å². The lowest BCUT2D eigenvalue weighted by molar-refractivity contribution is 0.0716. The highest BCUT2D eigenvalue weighted by atomic mass is 16.5. The predicted octanol–water partition coefficient (Wildman–Crippen LogP) is 34.9. The highest BCUT2D eigenvalue weighted by molar-refractivity contribution is 5.24. The molecule has 7 aromatic rings. The number of rotatable bonds is 7. The van der Waals surface area contributed by atoms with E-state index in [1.807, 2.05) is 309 Å². The van der Waals surface area contributed by atoms with Crippen molar-refractivity contribution in [3.8, 4) is 28.7 Å². The minimum Gasteiger partial charge on any atom is -0.497 e. The van der Waals surface area contributed by atoms with E-state index in [4.69, 9.17) is 33.9 Å². The van der Waals surface area contributed by atoms with Crippen LogP contribution in [0.4, 0.5) is 0 Å².